The molecule has 1 aliphatic rings. The van der Waals surface area contributed by atoms with Crippen molar-refractivity contribution < 1.29 is 24.2 Å². The van der Waals surface area contributed by atoms with E-state index in [1.54, 1.807) is 37.3 Å². The van der Waals surface area contributed by atoms with Crippen LogP contribution in [0.3, 0.4) is 0 Å². The number of hydrogen-bond acceptors (Lipinski definition) is 4. The Labute approximate surface area is 110 Å². The molecule has 2 rings (SSSR count). The van der Waals surface area contributed by atoms with Crippen LogP contribution in [-0.2, 0) is 14.3 Å². The molecule has 1 aromatic carbocycles. The quantitative estimate of drug-likeness (QED) is 0.501. The lowest BCUT2D eigenvalue weighted by Crippen LogP contribution is -2.18. The first-order valence-electron chi connectivity index (χ1n) is 5.89. The van der Waals surface area contributed by atoms with E-state index in [2.05, 4.69) is 0 Å². The fourth-order valence-corrected chi connectivity index (χ4v) is 1.39. The predicted octanol–water partition coefficient (Wildman–Crippen LogP) is 2.33. The Morgan fingerprint density at radius 2 is 1.89 bits per heavy atom. The molecule has 1 fully saturated rings. The van der Waals surface area contributed by atoms with Crippen molar-refractivity contribution >= 4 is 11.9 Å². The summed E-state index contributed by atoms with van der Waals surface area (Å²) < 4.78 is 10.3. The molecule has 0 atom stereocenters. The van der Waals surface area contributed by atoms with Gasteiger partial charge in [-0.15, -0.1) is 0 Å². The molecule has 5 nitrogen and oxygen atoms in total. The van der Waals surface area contributed by atoms with Crippen LogP contribution in [0.4, 0.5) is 0 Å². The second-order valence-electron chi connectivity index (χ2n) is 4.67. The van der Waals surface area contributed by atoms with Gasteiger partial charge in [0, 0.05) is 0 Å². The molecule has 0 aliphatic heterocycles. The smallest absolute Gasteiger partial charge is 0.335 e. The van der Waals surface area contributed by atoms with Gasteiger partial charge in [0.15, 0.2) is 0 Å². The lowest BCUT2D eigenvalue weighted by atomic mass is 10.1. The number of carbonyl (C=O) groups excluding carboxylic acids is 1. The summed E-state index contributed by atoms with van der Waals surface area (Å²) in [6.45, 7) is 1.77. The topological polar surface area (TPSA) is 72.8 Å². The summed E-state index contributed by atoms with van der Waals surface area (Å²) in [6.07, 6.45) is 2.23. The van der Waals surface area contributed by atoms with Gasteiger partial charge in [-0.05, 0) is 31.9 Å². The van der Waals surface area contributed by atoms with Crippen molar-refractivity contribution in [1.82, 2.24) is 0 Å². The third-order valence-electron chi connectivity index (χ3n) is 2.89. The SMILES string of the molecule is CC1(C(=O)O/C(=C\C(=O)O)Oc2ccccc2)CC1. The number of carboxylic acid groups (broad SMARTS) is 1. The van der Waals surface area contributed by atoms with E-state index in [1.165, 1.54) is 0 Å². The van der Waals surface area contributed by atoms with E-state index < -0.39 is 17.4 Å². The Kier molecular flexibility index (Phi) is 3.55. The first kappa shape index (κ1) is 13.1. The van der Waals surface area contributed by atoms with E-state index in [-0.39, 0.29) is 5.95 Å². The monoisotopic (exact) mass is 262 g/mol. The Bertz CT molecular complexity index is 514. The minimum absolute atomic E-state index is 0.322. The lowest BCUT2D eigenvalue weighted by molar-refractivity contribution is -0.148. The highest BCUT2D eigenvalue weighted by molar-refractivity contribution is 5.83. The maximum atomic E-state index is 11.8. The van der Waals surface area contributed by atoms with Crippen LogP contribution >= 0.6 is 0 Å². The van der Waals surface area contributed by atoms with Crippen molar-refractivity contribution in [1.29, 1.82) is 0 Å². The predicted molar refractivity (Wildman–Crippen MR) is 66.2 cm³/mol. The molecule has 0 radical (unpaired) electrons. The number of hydrogen-bond donors (Lipinski definition) is 1. The van der Waals surface area contributed by atoms with Crippen molar-refractivity contribution in [2.24, 2.45) is 5.41 Å². The third-order valence-corrected chi connectivity index (χ3v) is 2.89. The molecule has 0 heterocycles. The van der Waals surface area contributed by atoms with Gasteiger partial charge in [-0.3, -0.25) is 4.79 Å². The Morgan fingerprint density at radius 1 is 1.26 bits per heavy atom. The largest absolute Gasteiger partial charge is 0.478 e. The van der Waals surface area contributed by atoms with Crippen LogP contribution < -0.4 is 4.74 Å². The highest BCUT2D eigenvalue weighted by atomic mass is 16.7. The Balaban J connectivity index is 2.08. The van der Waals surface area contributed by atoms with Crippen LogP contribution in [-0.4, -0.2) is 17.0 Å². The van der Waals surface area contributed by atoms with Gasteiger partial charge < -0.3 is 14.6 Å². The average molecular weight is 262 g/mol. The minimum atomic E-state index is -1.24. The molecular weight excluding hydrogens is 248 g/mol. The van der Waals surface area contributed by atoms with E-state index in [9.17, 15) is 9.59 Å². The number of aliphatic carboxylic acids is 1. The van der Waals surface area contributed by atoms with Gasteiger partial charge in [0.1, 0.15) is 11.8 Å². The molecule has 0 bridgehead atoms. The van der Waals surface area contributed by atoms with Crippen LogP contribution in [0.25, 0.3) is 0 Å². The molecular formula is C14H14O5. The molecule has 0 spiro atoms. The summed E-state index contributed by atoms with van der Waals surface area (Å²) in [4.78, 5) is 22.5. The number of rotatable bonds is 5. The summed E-state index contributed by atoms with van der Waals surface area (Å²) in [6, 6.07) is 8.55. The molecule has 0 aromatic heterocycles. The maximum absolute atomic E-state index is 11.8. The summed E-state index contributed by atoms with van der Waals surface area (Å²) in [5, 5.41) is 8.75. The molecule has 0 unspecified atom stereocenters. The van der Waals surface area contributed by atoms with Gasteiger partial charge in [0.2, 0.25) is 0 Å². The summed E-state index contributed by atoms with van der Waals surface area (Å²) in [5.41, 5.74) is -0.502. The van der Waals surface area contributed by atoms with Crippen LogP contribution in [0.1, 0.15) is 19.8 Å². The standard InChI is InChI=1S/C14H14O5/c1-14(7-8-14)13(17)19-12(9-11(15)16)18-10-5-3-2-4-6-10/h2-6,9H,7-8H2,1H3,(H,15,16)/b12-9-. The second kappa shape index (κ2) is 5.14. The van der Waals surface area contributed by atoms with Gasteiger partial charge in [-0.2, -0.15) is 0 Å². The van der Waals surface area contributed by atoms with Gasteiger partial charge in [-0.1, -0.05) is 18.2 Å². The van der Waals surface area contributed by atoms with Gasteiger partial charge in [0.25, 0.3) is 5.95 Å². The normalized spacial score (nSPS) is 16.6. The Morgan fingerprint density at radius 3 is 2.42 bits per heavy atom. The van der Waals surface area contributed by atoms with E-state index in [0.717, 1.165) is 18.9 Å². The molecule has 1 saturated carbocycles. The zero-order valence-electron chi connectivity index (χ0n) is 10.5. The number of para-hydroxylation sites is 1. The van der Waals surface area contributed by atoms with E-state index in [0.29, 0.717) is 5.75 Å². The number of carboxylic acids is 1. The van der Waals surface area contributed by atoms with E-state index >= 15 is 0 Å². The number of carbonyl (C=O) groups is 2. The van der Waals surface area contributed by atoms with Crippen LogP contribution in [0.2, 0.25) is 0 Å². The summed E-state index contributed by atoms with van der Waals surface area (Å²) in [7, 11) is 0. The van der Waals surface area contributed by atoms with Crippen LogP contribution in [0, 0.1) is 5.41 Å². The highest BCUT2D eigenvalue weighted by Gasteiger charge is 2.47. The van der Waals surface area contributed by atoms with E-state index in [1.807, 2.05) is 0 Å². The zero-order chi connectivity index (χ0) is 13.9. The van der Waals surface area contributed by atoms with Crippen molar-refractivity contribution in [3.05, 3.63) is 42.4 Å². The van der Waals surface area contributed by atoms with Crippen molar-refractivity contribution in [3.63, 3.8) is 0 Å². The number of ether oxygens (including phenoxy) is 2. The lowest BCUT2D eigenvalue weighted by Gasteiger charge is -2.12. The maximum Gasteiger partial charge on any atom is 0.335 e. The molecule has 100 valence electrons. The fraction of sp³-hybridized carbons (Fsp3) is 0.286. The van der Waals surface area contributed by atoms with Crippen molar-refractivity contribution in [3.8, 4) is 5.75 Å². The zero-order valence-corrected chi connectivity index (χ0v) is 10.5. The molecule has 0 amide bonds. The van der Waals surface area contributed by atoms with Gasteiger partial charge in [-0.25, -0.2) is 4.79 Å². The van der Waals surface area contributed by atoms with Crippen LogP contribution in [0.15, 0.2) is 42.4 Å². The second-order valence-corrected chi connectivity index (χ2v) is 4.67. The fourth-order valence-electron chi connectivity index (χ4n) is 1.39. The highest BCUT2D eigenvalue weighted by Crippen LogP contribution is 2.46. The Hall–Kier alpha value is -2.30. The molecule has 0 saturated heterocycles. The summed E-state index contributed by atoms with van der Waals surface area (Å²) >= 11 is 0. The first-order valence-corrected chi connectivity index (χ1v) is 5.89. The first-order chi connectivity index (χ1) is 8.99. The molecule has 1 aromatic rings. The van der Waals surface area contributed by atoms with Crippen molar-refractivity contribution in [2.75, 3.05) is 0 Å². The van der Waals surface area contributed by atoms with Gasteiger partial charge >= 0.3 is 11.9 Å². The number of esters is 1. The molecule has 1 N–H and O–H groups in total. The van der Waals surface area contributed by atoms with E-state index in [4.69, 9.17) is 14.6 Å². The number of benzene rings is 1. The van der Waals surface area contributed by atoms with Crippen molar-refractivity contribution in [2.45, 2.75) is 19.8 Å². The average Bonchev–Trinajstić information content (AvgIpc) is 3.09. The molecule has 1 aliphatic carbocycles. The molecule has 5 heteroatoms. The third kappa shape index (κ3) is 3.58. The van der Waals surface area contributed by atoms with Gasteiger partial charge in [0.05, 0.1) is 5.41 Å². The van der Waals surface area contributed by atoms with Crippen LogP contribution in [0.5, 0.6) is 5.75 Å². The summed E-state index contributed by atoms with van der Waals surface area (Å²) in [5.74, 6) is -1.61. The minimum Gasteiger partial charge on any atom is -0.478 e. The molecule has 19 heavy (non-hydrogen) atoms.